The fourth-order valence-corrected chi connectivity index (χ4v) is 3.07. The fraction of sp³-hybridized carbons (Fsp3) is 0.600. The van der Waals surface area contributed by atoms with Crippen LogP contribution in [0, 0.1) is 5.92 Å². The Morgan fingerprint density at radius 3 is 2.28 bits per heavy atom. The monoisotopic (exact) mass is 245 g/mol. The van der Waals surface area contributed by atoms with Crippen molar-refractivity contribution in [2.75, 3.05) is 37.6 Å². The Balaban J connectivity index is 1.57. The summed E-state index contributed by atoms with van der Waals surface area (Å²) in [4.78, 5) is 5.09. The van der Waals surface area contributed by atoms with Gasteiger partial charge in [0, 0.05) is 44.5 Å². The normalized spacial score (nSPS) is 23.1. The molecule has 3 nitrogen and oxygen atoms in total. The van der Waals surface area contributed by atoms with Gasteiger partial charge in [0.05, 0.1) is 0 Å². The maximum absolute atomic E-state index is 5.94. The maximum atomic E-state index is 5.94. The minimum absolute atomic E-state index is 0.642. The topological polar surface area (TPSA) is 32.5 Å². The first kappa shape index (κ1) is 12.0. The van der Waals surface area contributed by atoms with Gasteiger partial charge in [0.25, 0.3) is 0 Å². The summed E-state index contributed by atoms with van der Waals surface area (Å²) < 4.78 is 0. The van der Waals surface area contributed by atoms with E-state index in [1.807, 2.05) is 0 Å². The van der Waals surface area contributed by atoms with Crippen molar-refractivity contribution in [2.45, 2.75) is 18.9 Å². The molecule has 0 aromatic heterocycles. The van der Waals surface area contributed by atoms with Gasteiger partial charge in [0.2, 0.25) is 0 Å². The van der Waals surface area contributed by atoms with Crippen LogP contribution >= 0.6 is 0 Å². The fourth-order valence-electron chi connectivity index (χ4n) is 3.07. The van der Waals surface area contributed by atoms with Crippen molar-refractivity contribution in [3.8, 4) is 0 Å². The zero-order chi connectivity index (χ0) is 12.4. The zero-order valence-electron chi connectivity index (χ0n) is 11.0. The lowest BCUT2D eigenvalue weighted by molar-refractivity contribution is 0.171. The smallest absolute Gasteiger partial charge is 0.0367 e. The molecule has 3 heteroatoms. The van der Waals surface area contributed by atoms with E-state index in [4.69, 9.17) is 5.73 Å². The van der Waals surface area contributed by atoms with Crippen molar-refractivity contribution in [3.05, 3.63) is 30.3 Å². The molecule has 2 N–H and O–H groups in total. The van der Waals surface area contributed by atoms with Crippen molar-refractivity contribution >= 4 is 5.69 Å². The molecule has 98 valence electrons. The van der Waals surface area contributed by atoms with Gasteiger partial charge in [0.15, 0.2) is 0 Å². The lowest BCUT2D eigenvalue weighted by Crippen LogP contribution is -2.53. The Hall–Kier alpha value is -1.06. The summed E-state index contributed by atoms with van der Waals surface area (Å²) in [6.45, 7) is 5.41. The van der Waals surface area contributed by atoms with Crippen LogP contribution in [-0.2, 0) is 0 Å². The quantitative estimate of drug-likeness (QED) is 0.873. The van der Waals surface area contributed by atoms with E-state index in [1.165, 1.54) is 18.5 Å². The molecule has 1 aliphatic carbocycles. The van der Waals surface area contributed by atoms with E-state index in [-0.39, 0.29) is 0 Å². The van der Waals surface area contributed by atoms with Gasteiger partial charge in [-0.05, 0) is 30.9 Å². The molecule has 0 radical (unpaired) electrons. The number of benzene rings is 1. The Bertz CT molecular complexity index is 367. The third kappa shape index (κ3) is 2.52. The van der Waals surface area contributed by atoms with Gasteiger partial charge in [-0.2, -0.15) is 0 Å². The first-order valence-corrected chi connectivity index (χ1v) is 7.12. The van der Waals surface area contributed by atoms with Gasteiger partial charge in [-0.25, -0.2) is 0 Å². The van der Waals surface area contributed by atoms with Gasteiger partial charge in [0.1, 0.15) is 0 Å². The summed E-state index contributed by atoms with van der Waals surface area (Å²) in [5.41, 5.74) is 7.29. The predicted molar refractivity (Wildman–Crippen MR) is 75.8 cm³/mol. The molecule has 1 heterocycles. The van der Waals surface area contributed by atoms with Crippen LogP contribution < -0.4 is 10.6 Å². The Morgan fingerprint density at radius 2 is 1.72 bits per heavy atom. The molecule has 0 amide bonds. The number of para-hydroxylation sites is 1. The van der Waals surface area contributed by atoms with Crippen molar-refractivity contribution in [3.63, 3.8) is 0 Å². The number of nitrogens with zero attached hydrogens (tertiary/aromatic N) is 2. The van der Waals surface area contributed by atoms with E-state index in [0.29, 0.717) is 6.04 Å². The lowest BCUT2D eigenvalue weighted by atomic mass is 10.1. The number of anilines is 1. The van der Waals surface area contributed by atoms with Crippen molar-refractivity contribution in [2.24, 2.45) is 11.7 Å². The first-order valence-electron chi connectivity index (χ1n) is 7.12. The van der Waals surface area contributed by atoms with E-state index >= 15 is 0 Å². The number of nitrogens with two attached hydrogens (primary N) is 1. The third-order valence-electron chi connectivity index (χ3n) is 4.31. The van der Waals surface area contributed by atoms with Crippen LogP contribution in [0.1, 0.15) is 12.8 Å². The molecule has 1 saturated heterocycles. The standard InChI is InChI=1S/C15H23N3/c16-12-15(13-6-7-13)18-10-8-17(9-11-18)14-4-2-1-3-5-14/h1-5,13,15H,6-12,16H2. The zero-order valence-corrected chi connectivity index (χ0v) is 11.0. The largest absolute Gasteiger partial charge is 0.369 e. The summed E-state index contributed by atoms with van der Waals surface area (Å²) in [5.74, 6) is 0.887. The van der Waals surface area contributed by atoms with Crippen LogP contribution in [-0.4, -0.2) is 43.7 Å². The van der Waals surface area contributed by atoms with Crippen LogP contribution in [0.4, 0.5) is 5.69 Å². The Morgan fingerprint density at radius 1 is 1.06 bits per heavy atom. The van der Waals surface area contributed by atoms with Crippen LogP contribution in [0.5, 0.6) is 0 Å². The molecule has 1 unspecified atom stereocenters. The second-order valence-corrected chi connectivity index (χ2v) is 5.50. The summed E-state index contributed by atoms with van der Waals surface area (Å²) in [5, 5.41) is 0. The van der Waals surface area contributed by atoms with E-state index in [2.05, 4.69) is 40.1 Å². The molecule has 18 heavy (non-hydrogen) atoms. The number of hydrogen-bond donors (Lipinski definition) is 1. The summed E-state index contributed by atoms with van der Waals surface area (Å²) in [6.07, 6.45) is 2.78. The minimum atomic E-state index is 0.642. The second kappa shape index (κ2) is 5.29. The maximum Gasteiger partial charge on any atom is 0.0367 e. The van der Waals surface area contributed by atoms with E-state index in [9.17, 15) is 0 Å². The van der Waals surface area contributed by atoms with Gasteiger partial charge >= 0.3 is 0 Å². The van der Waals surface area contributed by atoms with Crippen molar-refractivity contribution < 1.29 is 0 Å². The van der Waals surface area contributed by atoms with Crippen LogP contribution in [0.3, 0.4) is 0 Å². The molecule has 1 aliphatic heterocycles. The molecule has 1 aromatic rings. The Labute approximate surface area is 110 Å². The molecule has 2 aliphatic rings. The van der Waals surface area contributed by atoms with E-state index in [1.54, 1.807) is 0 Å². The number of piperazine rings is 1. The second-order valence-electron chi connectivity index (χ2n) is 5.50. The van der Waals surface area contributed by atoms with Crippen molar-refractivity contribution in [1.29, 1.82) is 0 Å². The summed E-state index contributed by atoms with van der Waals surface area (Å²) in [7, 11) is 0. The van der Waals surface area contributed by atoms with Gasteiger partial charge in [-0.3, -0.25) is 4.90 Å². The molecule has 2 fully saturated rings. The molecular weight excluding hydrogens is 222 g/mol. The Kier molecular flexibility index (Phi) is 3.52. The first-order chi connectivity index (χ1) is 8.88. The highest BCUT2D eigenvalue weighted by molar-refractivity contribution is 5.46. The molecule has 1 saturated carbocycles. The predicted octanol–water partition coefficient (Wildman–Crippen LogP) is 1.55. The van der Waals surface area contributed by atoms with Gasteiger partial charge < -0.3 is 10.6 Å². The van der Waals surface area contributed by atoms with Gasteiger partial charge in [-0.1, -0.05) is 18.2 Å². The molecular formula is C15H23N3. The third-order valence-corrected chi connectivity index (χ3v) is 4.31. The molecule has 1 aromatic carbocycles. The minimum Gasteiger partial charge on any atom is -0.369 e. The van der Waals surface area contributed by atoms with E-state index < -0.39 is 0 Å². The molecule has 0 bridgehead atoms. The highest BCUT2D eigenvalue weighted by Gasteiger charge is 2.35. The van der Waals surface area contributed by atoms with Crippen LogP contribution in [0.25, 0.3) is 0 Å². The lowest BCUT2D eigenvalue weighted by Gasteiger charge is -2.40. The number of hydrogen-bond acceptors (Lipinski definition) is 3. The van der Waals surface area contributed by atoms with Crippen LogP contribution in [0.2, 0.25) is 0 Å². The molecule has 1 atom stereocenters. The van der Waals surface area contributed by atoms with Crippen LogP contribution in [0.15, 0.2) is 30.3 Å². The van der Waals surface area contributed by atoms with Crippen molar-refractivity contribution in [1.82, 2.24) is 4.90 Å². The SMILES string of the molecule is NCC(C1CC1)N1CCN(c2ccccc2)CC1. The molecule has 0 spiro atoms. The summed E-state index contributed by atoms with van der Waals surface area (Å²) >= 11 is 0. The highest BCUT2D eigenvalue weighted by atomic mass is 15.3. The van der Waals surface area contributed by atoms with Gasteiger partial charge in [-0.15, -0.1) is 0 Å². The summed E-state index contributed by atoms with van der Waals surface area (Å²) in [6, 6.07) is 11.4. The average Bonchev–Trinajstić information content (AvgIpc) is 3.26. The highest BCUT2D eigenvalue weighted by Crippen LogP contribution is 2.35. The number of rotatable bonds is 4. The van der Waals surface area contributed by atoms with E-state index in [0.717, 1.165) is 38.6 Å². The molecule has 3 rings (SSSR count). The average molecular weight is 245 g/mol.